The zero-order chi connectivity index (χ0) is 25.6. The quantitative estimate of drug-likeness (QED) is 0.277. The molecule has 5 nitrogen and oxygen atoms in total. The van der Waals surface area contributed by atoms with Crippen LogP contribution in [0.3, 0.4) is 0 Å². The van der Waals surface area contributed by atoms with Gasteiger partial charge in [0.25, 0.3) is 0 Å². The Labute approximate surface area is 227 Å². The van der Waals surface area contributed by atoms with Crippen LogP contribution in [0.15, 0.2) is 72.9 Å². The molecule has 36 heavy (non-hydrogen) atoms. The van der Waals surface area contributed by atoms with Crippen LogP contribution in [0.4, 0.5) is 11.4 Å². The first kappa shape index (κ1) is 24.6. The van der Waals surface area contributed by atoms with Crippen molar-refractivity contribution in [2.24, 2.45) is 0 Å². The van der Waals surface area contributed by atoms with E-state index >= 15 is 0 Å². The van der Waals surface area contributed by atoms with E-state index in [-0.39, 0.29) is 12.1 Å². The lowest BCUT2D eigenvalue weighted by Gasteiger charge is -2.28. The van der Waals surface area contributed by atoms with Crippen LogP contribution in [-0.2, 0) is 0 Å². The minimum Gasteiger partial charge on any atom is -0.378 e. The maximum Gasteiger partial charge on any atom is 0.174 e. The first-order valence-electron chi connectivity index (χ1n) is 11.7. The molecule has 8 heteroatoms. The van der Waals surface area contributed by atoms with Crippen molar-refractivity contribution in [3.63, 3.8) is 0 Å². The van der Waals surface area contributed by atoms with Crippen molar-refractivity contribution in [3.05, 3.63) is 106 Å². The third kappa shape index (κ3) is 4.23. The Morgan fingerprint density at radius 3 is 2.39 bits per heavy atom. The van der Waals surface area contributed by atoms with Crippen LogP contribution in [-0.4, -0.2) is 28.8 Å². The van der Waals surface area contributed by atoms with E-state index in [0.29, 0.717) is 15.2 Å². The molecule has 0 amide bonds. The smallest absolute Gasteiger partial charge is 0.174 e. The normalized spacial score (nSPS) is 17.4. The average Bonchev–Trinajstić information content (AvgIpc) is 3.36. The first-order valence-corrected chi connectivity index (χ1v) is 12.9. The van der Waals surface area contributed by atoms with E-state index in [1.807, 2.05) is 50.6 Å². The minimum atomic E-state index is -0.129. The van der Waals surface area contributed by atoms with Gasteiger partial charge in [0.05, 0.1) is 33.5 Å². The van der Waals surface area contributed by atoms with Crippen LogP contribution in [0.2, 0.25) is 10.0 Å². The number of anilines is 2. The molecule has 2 aromatic heterocycles. The van der Waals surface area contributed by atoms with Gasteiger partial charge in [-0.2, -0.15) is 0 Å². The third-order valence-corrected chi connectivity index (χ3v) is 7.83. The van der Waals surface area contributed by atoms with Crippen LogP contribution < -0.4 is 15.1 Å². The van der Waals surface area contributed by atoms with Crippen molar-refractivity contribution < 1.29 is 0 Å². The highest BCUT2D eigenvalue weighted by atomic mass is 35.5. The van der Waals surface area contributed by atoms with Crippen molar-refractivity contribution in [1.82, 2.24) is 14.9 Å². The van der Waals surface area contributed by atoms with E-state index in [2.05, 4.69) is 68.8 Å². The Hall–Kier alpha value is -3.06. The SMILES string of the molecule is Cc1cc([C@@H]2[C@@H](c3ccccn3)NC(=S)N2c2ccc(N(C)C)cc2)c(C)n1-c1cccc(Cl)c1Cl. The molecule has 3 heterocycles. The molecular formula is C28H27Cl2N5S. The summed E-state index contributed by atoms with van der Waals surface area (Å²) >= 11 is 18.9. The van der Waals surface area contributed by atoms with Gasteiger partial charge < -0.3 is 19.7 Å². The van der Waals surface area contributed by atoms with Gasteiger partial charge in [-0.1, -0.05) is 35.3 Å². The Balaban J connectivity index is 1.68. The molecule has 0 aliphatic carbocycles. The van der Waals surface area contributed by atoms with Crippen LogP contribution >= 0.6 is 35.4 Å². The maximum absolute atomic E-state index is 6.64. The molecule has 184 valence electrons. The monoisotopic (exact) mass is 535 g/mol. The Morgan fingerprint density at radius 2 is 1.72 bits per heavy atom. The number of pyridine rings is 1. The molecular weight excluding hydrogens is 509 g/mol. The molecule has 1 N–H and O–H groups in total. The van der Waals surface area contributed by atoms with Crippen molar-refractivity contribution in [1.29, 1.82) is 0 Å². The summed E-state index contributed by atoms with van der Waals surface area (Å²) in [6.07, 6.45) is 1.82. The standard InChI is InChI=1S/C28H27Cl2N5S/c1-17-16-21(18(2)34(17)24-10-7-8-22(29)25(24)30)27-26(23-9-5-6-15-31-23)32-28(36)35(27)20-13-11-19(12-14-20)33(3)4/h5-16,26-27H,1-4H3,(H,32,36)/t26-,27-/m1/s1. The number of hydrogen-bond donors (Lipinski definition) is 1. The fraction of sp³-hybridized carbons (Fsp3) is 0.214. The number of halogens is 2. The largest absolute Gasteiger partial charge is 0.378 e. The van der Waals surface area contributed by atoms with E-state index in [1.54, 1.807) is 6.07 Å². The summed E-state index contributed by atoms with van der Waals surface area (Å²) in [7, 11) is 4.07. The Kier molecular flexibility index (Phi) is 6.68. The second kappa shape index (κ2) is 9.77. The molecule has 0 spiro atoms. The molecule has 2 atom stereocenters. The van der Waals surface area contributed by atoms with E-state index in [4.69, 9.17) is 35.4 Å². The second-order valence-electron chi connectivity index (χ2n) is 9.14. The van der Waals surface area contributed by atoms with E-state index in [1.165, 1.54) is 0 Å². The van der Waals surface area contributed by atoms with E-state index in [9.17, 15) is 0 Å². The third-order valence-electron chi connectivity index (χ3n) is 6.70. The summed E-state index contributed by atoms with van der Waals surface area (Å²) < 4.78 is 2.16. The van der Waals surface area contributed by atoms with Crippen LogP contribution in [0.1, 0.15) is 34.7 Å². The summed E-state index contributed by atoms with van der Waals surface area (Å²) in [5, 5.41) is 5.28. The van der Waals surface area contributed by atoms with Gasteiger partial charge in [-0.15, -0.1) is 0 Å². The van der Waals surface area contributed by atoms with Gasteiger partial charge in [-0.3, -0.25) is 4.98 Å². The second-order valence-corrected chi connectivity index (χ2v) is 10.3. The van der Waals surface area contributed by atoms with E-state index < -0.39 is 0 Å². The lowest BCUT2D eigenvalue weighted by Crippen LogP contribution is -2.29. The van der Waals surface area contributed by atoms with Crippen LogP contribution in [0, 0.1) is 13.8 Å². The predicted octanol–water partition coefficient (Wildman–Crippen LogP) is 7.04. The first-order chi connectivity index (χ1) is 17.3. The van der Waals surface area contributed by atoms with Crippen LogP contribution in [0.5, 0.6) is 0 Å². The fourth-order valence-corrected chi connectivity index (χ4v) is 5.71. The molecule has 5 rings (SSSR count). The Bertz CT molecular complexity index is 1420. The van der Waals surface area contributed by atoms with Crippen LogP contribution in [0.25, 0.3) is 5.69 Å². The number of nitrogens with zero attached hydrogens (tertiary/aromatic N) is 4. The van der Waals surface area contributed by atoms with Gasteiger partial charge in [-0.05, 0) is 86.2 Å². The number of hydrogen-bond acceptors (Lipinski definition) is 3. The number of nitrogens with one attached hydrogen (secondary N) is 1. The summed E-state index contributed by atoms with van der Waals surface area (Å²) in [6.45, 7) is 4.20. The Morgan fingerprint density at radius 1 is 0.972 bits per heavy atom. The molecule has 0 saturated carbocycles. The lowest BCUT2D eigenvalue weighted by molar-refractivity contribution is 0.565. The zero-order valence-corrected chi connectivity index (χ0v) is 22.9. The topological polar surface area (TPSA) is 36.3 Å². The number of thiocarbonyl (C=S) groups is 1. The molecule has 1 fully saturated rings. The number of rotatable bonds is 5. The van der Waals surface area contributed by atoms with Crippen molar-refractivity contribution in [2.45, 2.75) is 25.9 Å². The minimum absolute atomic E-state index is 0.115. The molecule has 4 aromatic rings. The summed E-state index contributed by atoms with van der Waals surface area (Å²) in [5.74, 6) is 0. The summed E-state index contributed by atoms with van der Waals surface area (Å²) in [4.78, 5) is 8.96. The van der Waals surface area contributed by atoms with Gasteiger partial charge in [0.1, 0.15) is 0 Å². The van der Waals surface area contributed by atoms with Crippen molar-refractivity contribution in [3.8, 4) is 5.69 Å². The number of aryl methyl sites for hydroxylation is 1. The van der Waals surface area contributed by atoms with Gasteiger partial charge in [0.2, 0.25) is 0 Å². The number of benzene rings is 2. The lowest BCUT2D eigenvalue weighted by atomic mass is 9.96. The molecule has 0 bridgehead atoms. The van der Waals surface area contributed by atoms with Crippen molar-refractivity contribution in [2.75, 3.05) is 23.9 Å². The van der Waals surface area contributed by atoms with Gasteiger partial charge in [-0.25, -0.2) is 0 Å². The maximum atomic E-state index is 6.64. The zero-order valence-electron chi connectivity index (χ0n) is 20.5. The fourth-order valence-electron chi connectivity index (χ4n) is 4.98. The molecule has 0 unspecified atom stereocenters. The average molecular weight is 537 g/mol. The molecule has 2 aromatic carbocycles. The van der Waals surface area contributed by atoms with Gasteiger partial charge in [0, 0.05) is 43.1 Å². The highest BCUT2D eigenvalue weighted by Gasteiger charge is 2.42. The molecule has 1 saturated heterocycles. The highest BCUT2D eigenvalue weighted by Crippen LogP contribution is 2.44. The molecule has 1 aliphatic heterocycles. The predicted molar refractivity (Wildman–Crippen MR) is 154 cm³/mol. The summed E-state index contributed by atoms with van der Waals surface area (Å²) in [6, 6.07) is 22.1. The molecule has 1 aliphatic rings. The highest BCUT2D eigenvalue weighted by molar-refractivity contribution is 7.80. The van der Waals surface area contributed by atoms with Crippen molar-refractivity contribution >= 4 is 51.9 Å². The summed E-state index contributed by atoms with van der Waals surface area (Å²) in [5.41, 5.74) is 7.22. The van der Waals surface area contributed by atoms with Gasteiger partial charge in [0.15, 0.2) is 5.11 Å². The number of aromatic nitrogens is 2. The van der Waals surface area contributed by atoms with Gasteiger partial charge >= 0.3 is 0 Å². The molecule has 0 radical (unpaired) electrons. The van der Waals surface area contributed by atoms with E-state index in [0.717, 1.165) is 39.7 Å².